The topological polar surface area (TPSA) is 91.9 Å². The van der Waals surface area contributed by atoms with E-state index in [2.05, 4.69) is 6.58 Å². The summed E-state index contributed by atoms with van der Waals surface area (Å²) in [6.07, 6.45) is -3.45. The van der Waals surface area contributed by atoms with Crippen LogP contribution in [0, 0.1) is 11.3 Å². The Bertz CT molecular complexity index is 1560. The van der Waals surface area contributed by atoms with Gasteiger partial charge in [-0.2, -0.15) is 23.9 Å². The Morgan fingerprint density at radius 3 is 2.49 bits per heavy atom. The molecule has 0 aliphatic carbocycles. The fourth-order valence-corrected chi connectivity index (χ4v) is 4.76. The van der Waals surface area contributed by atoms with Crippen LogP contribution in [0.4, 0.5) is 27.6 Å². The van der Waals surface area contributed by atoms with E-state index in [4.69, 9.17) is 4.74 Å². The van der Waals surface area contributed by atoms with Crippen LogP contribution in [0.3, 0.4) is 0 Å². The Labute approximate surface area is 224 Å². The molecule has 0 aliphatic heterocycles. The lowest BCUT2D eigenvalue weighted by Crippen LogP contribution is -2.73. The molecule has 39 heavy (non-hydrogen) atoms. The third kappa shape index (κ3) is 6.51. The standard InChI is InChI=1S/C27H22F5N3O3S/c1-4-16(20(29)10-15(3)28)14-35-22(12-19(27(30,31)32)18(13-33)26(35)36)25-9-8-24(39-25)17-6-7-23(38-5-2)21(11-17)34-37/h4,6-12,34,37H,1,5,14H2,2-3H3/p+1/b15-10+,20-16-. The molecule has 0 atom stereocenters. The number of benzene rings is 1. The van der Waals surface area contributed by atoms with Crippen molar-refractivity contribution in [3.63, 3.8) is 0 Å². The highest BCUT2D eigenvalue weighted by Crippen LogP contribution is 2.39. The highest BCUT2D eigenvalue weighted by Gasteiger charge is 2.37. The number of rotatable bonds is 9. The number of nitrogens with two attached hydrogens (primary N) is 1. The van der Waals surface area contributed by atoms with Gasteiger partial charge in [0.05, 0.1) is 35.1 Å². The third-order valence-corrected chi connectivity index (χ3v) is 6.67. The molecule has 0 saturated heterocycles. The Balaban J connectivity index is 2.26. The van der Waals surface area contributed by atoms with Crippen LogP contribution >= 0.6 is 11.3 Å². The molecule has 0 saturated carbocycles. The molecule has 2 aromatic heterocycles. The van der Waals surface area contributed by atoms with Crippen LogP contribution in [-0.2, 0) is 12.7 Å². The van der Waals surface area contributed by atoms with E-state index < -0.39 is 41.1 Å². The van der Waals surface area contributed by atoms with Crippen LogP contribution in [0.15, 0.2) is 77.2 Å². The van der Waals surface area contributed by atoms with E-state index >= 15 is 0 Å². The average molecular weight is 565 g/mol. The van der Waals surface area contributed by atoms with Crippen LogP contribution < -0.4 is 15.8 Å². The lowest BCUT2D eigenvalue weighted by atomic mass is 10.1. The molecule has 204 valence electrons. The van der Waals surface area contributed by atoms with Gasteiger partial charge in [-0.3, -0.25) is 4.79 Å². The van der Waals surface area contributed by atoms with Crippen molar-refractivity contribution in [2.45, 2.75) is 26.6 Å². The zero-order valence-corrected chi connectivity index (χ0v) is 21.6. The Kier molecular flexibility index (Phi) is 9.24. The van der Waals surface area contributed by atoms with Crippen LogP contribution in [0.1, 0.15) is 25.0 Å². The number of aromatic nitrogens is 1. The van der Waals surface area contributed by atoms with E-state index in [9.17, 15) is 37.2 Å². The van der Waals surface area contributed by atoms with E-state index in [1.165, 1.54) is 12.1 Å². The smallest absolute Gasteiger partial charge is 0.417 e. The van der Waals surface area contributed by atoms with Crippen LogP contribution in [0.2, 0.25) is 0 Å². The fraction of sp³-hybridized carbons (Fsp3) is 0.185. The summed E-state index contributed by atoms with van der Waals surface area (Å²) in [6, 6.07) is 10.00. The molecule has 6 nitrogen and oxygen atoms in total. The minimum atomic E-state index is -5.02. The van der Waals surface area contributed by atoms with Gasteiger partial charge in [-0.15, -0.1) is 11.3 Å². The lowest BCUT2D eigenvalue weighted by Gasteiger charge is -2.17. The van der Waals surface area contributed by atoms with E-state index in [-0.39, 0.29) is 16.1 Å². The SMILES string of the molecule is C=C/C(Cn1c(-c2ccc(-c3ccc(OCC)c([NH2+]O)c3)s2)cc(C(F)(F)F)c(C#N)c1=O)=C(F)\C=C(/C)F. The molecular formula is C27H23F5N3O3S+. The second kappa shape index (κ2) is 12.2. The fourth-order valence-electron chi connectivity index (χ4n) is 3.73. The van der Waals surface area contributed by atoms with Crippen LogP contribution in [0.25, 0.3) is 21.0 Å². The number of thiophene rings is 1. The highest BCUT2D eigenvalue weighted by molar-refractivity contribution is 7.18. The number of halogens is 5. The van der Waals surface area contributed by atoms with Gasteiger partial charge in [0.1, 0.15) is 17.5 Å². The first-order valence-electron chi connectivity index (χ1n) is 11.4. The number of quaternary nitrogens is 1. The molecule has 0 unspecified atom stereocenters. The van der Waals surface area contributed by atoms with E-state index in [0.717, 1.165) is 34.4 Å². The van der Waals surface area contributed by atoms with Crippen molar-refractivity contribution in [3.05, 3.63) is 93.8 Å². The average Bonchev–Trinajstić information content (AvgIpc) is 3.37. The lowest BCUT2D eigenvalue weighted by molar-refractivity contribution is -0.825. The van der Waals surface area contributed by atoms with Crippen molar-refractivity contribution in [2.24, 2.45) is 0 Å². The Hall–Kier alpha value is -4.05. The summed E-state index contributed by atoms with van der Waals surface area (Å²) in [4.78, 5) is 13.9. The molecule has 0 spiro atoms. The van der Waals surface area contributed by atoms with Crippen molar-refractivity contribution >= 4 is 17.0 Å². The van der Waals surface area contributed by atoms with Crippen molar-refractivity contribution < 1.29 is 37.4 Å². The number of alkyl halides is 3. The van der Waals surface area contributed by atoms with Crippen LogP contribution in [0.5, 0.6) is 5.75 Å². The summed E-state index contributed by atoms with van der Waals surface area (Å²) < 4.78 is 75.7. The molecule has 0 bridgehead atoms. The quantitative estimate of drug-likeness (QED) is 0.136. The number of hydrogen-bond acceptors (Lipinski definition) is 5. The van der Waals surface area contributed by atoms with Gasteiger partial charge in [-0.05, 0) is 49.7 Å². The molecule has 1 aromatic carbocycles. The van der Waals surface area contributed by atoms with Crippen LogP contribution in [-0.4, -0.2) is 16.4 Å². The molecule has 3 aromatic rings. The van der Waals surface area contributed by atoms with Gasteiger partial charge in [0.25, 0.3) is 5.56 Å². The van der Waals surface area contributed by atoms with Gasteiger partial charge < -0.3 is 9.30 Å². The van der Waals surface area contributed by atoms with Crippen molar-refractivity contribution in [1.82, 2.24) is 4.57 Å². The Morgan fingerprint density at radius 1 is 1.23 bits per heavy atom. The van der Waals surface area contributed by atoms with Crippen molar-refractivity contribution in [1.29, 1.82) is 5.26 Å². The van der Waals surface area contributed by atoms with E-state index in [1.54, 1.807) is 31.2 Å². The van der Waals surface area contributed by atoms with Gasteiger partial charge in [0.15, 0.2) is 5.75 Å². The maximum atomic E-state index is 14.6. The molecule has 0 aliphatic rings. The molecule has 12 heteroatoms. The second-order valence-corrected chi connectivity index (χ2v) is 9.19. The third-order valence-electron chi connectivity index (χ3n) is 5.52. The first-order chi connectivity index (χ1) is 18.4. The van der Waals surface area contributed by atoms with Crippen molar-refractivity contribution in [2.75, 3.05) is 6.61 Å². The number of allylic oxidation sites excluding steroid dienone is 5. The first kappa shape index (κ1) is 29.5. The van der Waals surface area contributed by atoms with E-state index in [0.29, 0.717) is 40.6 Å². The maximum absolute atomic E-state index is 14.6. The monoisotopic (exact) mass is 564 g/mol. The predicted octanol–water partition coefficient (Wildman–Crippen LogP) is 6.40. The Morgan fingerprint density at radius 2 is 1.92 bits per heavy atom. The van der Waals surface area contributed by atoms with Gasteiger partial charge in [-0.25, -0.2) is 14.0 Å². The molecule has 0 amide bonds. The second-order valence-electron chi connectivity index (χ2n) is 8.11. The molecule has 3 N–H and O–H groups in total. The predicted molar refractivity (Wildman–Crippen MR) is 137 cm³/mol. The summed E-state index contributed by atoms with van der Waals surface area (Å²) in [5.74, 6) is -1.52. The number of nitrogens with zero attached hydrogens (tertiary/aromatic N) is 2. The zero-order chi connectivity index (χ0) is 28.9. The van der Waals surface area contributed by atoms with E-state index in [1.807, 2.05) is 0 Å². The summed E-state index contributed by atoms with van der Waals surface area (Å²) >= 11 is 1.03. The zero-order valence-electron chi connectivity index (χ0n) is 20.8. The molecule has 2 heterocycles. The maximum Gasteiger partial charge on any atom is 0.417 e. The molecule has 3 rings (SSSR count). The summed E-state index contributed by atoms with van der Waals surface area (Å²) in [5.41, 5.74) is -2.52. The normalized spacial score (nSPS) is 12.6. The van der Waals surface area contributed by atoms with Gasteiger partial charge >= 0.3 is 6.18 Å². The minimum Gasteiger partial charge on any atom is -0.488 e. The molecule has 0 radical (unpaired) electrons. The minimum absolute atomic E-state index is 0.210. The van der Waals surface area contributed by atoms with Gasteiger partial charge in [0, 0.05) is 22.6 Å². The number of hydrogen-bond donors (Lipinski definition) is 2. The molecular weight excluding hydrogens is 541 g/mol. The van der Waals surface area contributed by atoms with Gasteiger partial charge in [0.2, 0.25) is 5.69 Å². The number of ether oxygens (including phenoxy) is 1. The summed E-state index contributed by atoms with van der Waals surface area (Å²) in [7, 11) is 0. The number of pyridine rings is 1. The first-order valence-corrected chi connectivity index (χ1v) is 12.2. The van der Waals surface area contributed by atoms with Gasteiger partial charge in [-0.1, -0.05) is 12.7 Å². The van der Waals surface area contributed by atoms with Crippen molar-refractivity contribution in [3.8, 4) is 32.8 Å². The molecule has 0 fully saturated rings. The highest BCUT2D eigenvalue weighted by atomic mass is 32.1. The summed E-state index contributed by atoms with van der Waals surface area (Å²) in [6.45, 7) is 5.99. The summed E-state index contributed by atoms with van der Waals surface area (Å²) in [5, 5.41) is 19.0. The number of nitriles is 1. The largest absolute Gasteiger partial charge is 0.488 e.